The van der Waals surface area contributed by atoms with E-state index >= 15 is 0 Å². The minimum atomic E-state index is -0.530. The molecule has 0 aliphatic heterocycles. The van der Waals surface area contributed by atoms with Crippen LogP contribution in [0, 0.1) is 27.3 Å². The van der Waals surface area contributed by atoms with Gasteiger partial charge in [0.25, 0.3) is 5.69 Å². The summed E-state index contributed by atoms with van der Waals surface area (Å²) in [6, 6.07) is 10.8. The quantitative estimate of drug-likeness (QED) is 0.642. The fourth-order valence-electron chi connectivity index (χ4n) is 1.94. The van der Waals surface area contributed by atoms with E-state index in [4.69, 9.17) is 5.26 Å². The lowest BCUT2D eigenvalue weighted by molar-refractivity contribution is -0.384. The third kappa shape index (κ3) is 3.80. The van der Waals surface area contributed by atoms with Crippen molar-refractivity contribution in [3.05, 3.63) is 67.9 Å². The monoisotopic (exact) mass is 363 g/mol. The van der Waals surface area contributed by atoms with Crippen LogP contribution in [-0.4, -0.2) is 11.5 Å². The summed E-state index contributed by atoms with van der Waals surface area (Å²) < 4.78 is 13.5. The normalized spacial score (nSPS) is 10.0. The molecule has 0 saturated heterocycles. The number of nitriles is 1. The molecule has 0 bridgehead atoms. The fourth-order valence-corrected chi connectivity index (χ4v) is 2.36. The predicted molar refractivity (Wildman–Crippen MR) is 84.1 cm³/mol. The summed E-state index contributed by atoms with van der Waals surface area (Å²) >= 11 is 3.11. The Kier molecular flexibility index (Phi) is 5.07. The third-order valence-corrected chi connectivity index (χ3v) is 3.64. The molecule has 7 heteroatoms. The Labute approximate surface area is 134 Å². The summed E-state index contributed by atoms with van der Waals surface area (Å²) in [7, 11) is 0. The summed E-state index contributed by atoms with van der Waals surface area (Å²) in [5, 5.41) is 22.8. The van der Waals surface area contributed by atoms with Crippen molar-refractivity contribution in [2.24, 2.45) is 0 Å². The first-order chi connectivity index (χ1) is 10.5. The SMILES string of the molecule is N#Cc1ccc(NCCc2ccc(F)c(Br)c2)c([N+](=O)[O-])c1. The van der Waals surface area contributed by atoms with Crippen LogP contribution in [0.2, 0.25) is 0 Å². The summed E-state index contributed by atoms with van der Waals surface area (Å²) in [6.45, 7) is 0.449. The zero-order valence-electron chi connectivity index (χ0n) is 11.3. The standard InChI is InChI=1S/C15H11BrFN3O2/c16-12-7-10(1-3-13(12)17)5-6-19-14-4-2-11(9-18)8-15(14)20(21)22/h1-4,7-8,19H,5-6H2. The minimum absolute atomic E-state index is 0.140. The largest absolute Gasteiger partial charge is 0.379 e. The minimum Gasteiger partial charge on any atom is -0.379 e. The van der Waals surface area contributed by atoms with Gasteiger partial charge in [-0.2, -0.15) is 5.26 Å². The maximum Gasteiger partial charge on any atom is 0.293 e. The second-order valence-corrected chi connectivity index (χ2v) is 5.38. The molecule has 0 atom stereocenters. The number of halogens is 2. The molecule has 0 fully saturated rings. The molecule has 0 aliphatic carbocycles. The topological polar surface area (TPSA) is 79.0 Å². The van der Waals surface area contributed by atoms with E-state index in [0.717, 1.165) is 5.56 Å². The highest BCUT2D eigenvalue weighted by atomic mass is 79.9. The Morgan fingerprint density at radius 2 is 2.09 bits per heavy atom. The van der Waals surface area contributed by atoms with Gasteiger partial charge in [-0.25, -0.2) is 4.39 Å². The first-order valence-electron chi connectivity index (χ1n) is 6.37. The smallest absolute Gasteiger partial charge is 0.293 e. The molecule has 2 aromatic rings. The van der Waals surface area contributed by atoms with Crippen molar-refractivity contribution in [3.63, 3.8) is 0 Å². The van der Waals surface area contributed by atoms with Gasteiger partial charge < -0.3 is 5.32 Å². The molecule has 0 unspecified atom stereocenters. The summed E-state index contributed by atoms with van der Waals surface area (Å²) in [5.41, 5.74) is 1.35. The van der Waals surface area contributed by atoms with Gasteiger partial charge in [-0.1, -0.05) is 6.07 Å². The lowest BCUT2D eigenvalue weighted by atomic mass is 10.1. The molecule has 0 heterocycles. The first kappa shape index (κ1) is 15.9. The summed E-state index contributed by atoms with van der Waals surface area (Å²) in [4.78, 5) is 10.5. The lowest BCUT2D eigenvalue weighted by Crippen LogP contribution is -2.07. The van der Waals surface area contributed by atoms with E-state index in [2.05, 4.69) is 21.2 Å². The fraction of sp³-hybridized carbons (Fsp3) is 0.133. The molecule has 112 valence electrons. The first-order valence-corrected chi connectivity index (χ1v) is 7.17. The van der Waals surface area contributed by atoms with Crippen LogP contribution >= 0.6 is 15.9 Å². The van der Waals surface area contributed by atoms with Crippen molar-refractivity contribution in [2.45, 2.75) is 6.42 Å². The van der Waals surface area contributed by atoms with Crippen LogP contribution in [0.3, 0.4) is 0 Å². The highest BCUT2D eigenvalue weighted by Crippen LogP contribution is 2.25. The van der Waals surface area contributed by atoms with E-state index < -0.39 is 4.92 Å². The number of hydrogen-bond donors (Lipinski definition) is 1. The predicted octanol–water partition coefficient (Wildman–Crippen LogP) is 4.02. The van der Waals surface area contributed by atoms with Crippen molar-refractivity contribution >= 4 is 27.3 Å². The number of nitrogens with zero attached hydrogens (tertiary/aromatic N) is 2. The molecule has 2 rings (SSSR count). The Bertz CT molecular complexity index is 759. The van der Waals surface area contributed by atoms with Crippen LogP contribution in [-0.2, 0) is 6.42 Å². The average Bonchev–Trinajstić information content (AvgIpc) is 2.51. The lowest BCUT2D eigenvalue weighted by Gasteiger charge is -2.08. The molecule has 1 N–H and O–H groups in total. The van der Waals surface area contributed by atoms with E-state index in [1.807, 2.05) is 6.07 Å². The molecule has 2 aromatic carbocycles. The highest BCUT2D eigenvalue weighted by molar-refractivity contribution is 9.10. The molecule has 0 aromatic heterocycles. The summed E-state index contributed by atoms with van der Waals surface area (Å²) in [5.74, 6) is -0.334. The number of rotatable bonds is 5. The van der Waals surface area contributed by atoms with Crippen LogP contribution < -0.4 is 5.32 Å². The number of nitro benzene ring substituents is 1. The Balaban J connectivity index is 2.07. The highest BCUT2D eigenvalue weighted by Gasteiger charge is 2.14. The van der Waals surface area contributed by atoms with Gasteiger partial charge in [-0.15, -0.1) is 0 Å². The van der Waals surface area contributed by atoms with Crippen molar-refractivity contribution < 1.29 is 9.31 Å². The molecule has 0 saturated carbocycles. The van der Waals surface area contributed by atoms with Crippen molar-refractivity contribution in [1.82, 2.24) is 0 Å². The molecule has 0 radical (unpaired) electrons. The number of benzene rings is 2. The van der Waals surface area contributed by atoms with Crippen LogP contribution in [0.15, 0.2) is 40.9 Å². The van der Waals surface area contributed by atoms with Gasteiger partial charge in [0.2, 0.25) is 0 Å². The van der Waals surface area contributed by atoms with Crippen LogP contribution in [0.1, 0.15) is 11.1 Å². The number of nitrogens with one attached hydrogen (secondary N) is 1. The number of nitro groups is 1. The van der Waals surface area contributed by atoms with E-state index in [-0.39, 0.29) is 17.1 Å². The Morgan fingerprint density at radius 1 is 1.32 bits per heavy atom. The van der Waals surface area contributed by atoms with Gasteiger partial charge in [-0.3, -0.25) is 10.1 Å². The average molecular weight is 364 g/mol. The van der Waals surface area contributed by atoms with E-state index in [1.54, 1.807) is 12.1 Å². The van der Waals surface area contributed by atoms with Crippen molar-refractivity contribution in [1.29, 1.82) is 5.26 Å². The third-order valence-electron chi connectivity index (χ3n) is 3.04. The van der Waals surface area contributed by atoms with E-state index in [1.165, 1.54) is 24.3 Å². The van der Waals surface area contributed by atoms with Crippen molar-refractivity contribution in [2.75, 3.05) is 11.9 Å². The maximum atomic E-state index is 13.1. The number of anilines is 1. The zero-order chi connectivity index (χ0) is 16.1. The molecule has 0 amide bonds. The van der Waals surface area contributed by atoms with Gasteiger partial charge >= 0.3 is 0 Å². The van der Waals surface area contributed by atoms with Crippen LogP contribution in [0.4, 0.5) is 15.8 Å². The molecule has 22 heavy (non-hydrogen) atoms. The molecule has 5 nitrogen and oxygen atoms in total. The maximum absolute atomic E-state index is 13.1. The molecular weight excluding hydrogens is 353 g/mol. The summed E-state index contributed by atoms with van der Waals surface area (Å²) in [6.07, 6.45) is 0.579. The van der Waals surface area contributed by atoms with Gasteiger partial charge in [-0.05, 0) is 52.2 Å². The second-order valence-electron chi connectivity index (χ2n) is 4.53. The molecular formula is C15H11BrFN3O2. The molecule has 0 aliphatic rings. The van der Waals surface area contributed by atoms with E-state index in [0.29, 0.717) is 23.1 Å². The van der Waals surface area contributed by atoms with Gasteiger partial charge in [0.1, 0.15) is 11.5 Å². The molecule has 0 spiro atoms. The van der Waals surface area contributed by atoms with Crippen LogP contribution in [0.25, 0.3) is 0 Å². The van der Waals surface area contributed by atoms with Gasteiger partial charge in [0, 0.05) is 12.6 Å². The van der Waals surface area contributed by atoms with Gasteiger partial charge in [0.05, 0.1) is 21.0 Å². The number of hydrogen-bond acceptors (Lipinski definition) is 4. The Morgan fingerprint density at radius 3 is 2.73 bits per heavy atom. The Hall–Kier alpha value is -2.46. The van der Waals surface area contributed by atoms with Gasteiger partial charge in [0.15, 0.2) is 0 Å². The van der Waals surface area contributed by atoms with E-state index in [9.17, 15) is 14.5 Å². The van der Waals surface area contributed by atoms with Crippen molar-refractivity contribution in [3.8, 4) is 6.07 Å². The van der Waals surface area contributed by atoms with Crippen LogP contribution in [0.5, 0.6) is 0 Å². The second kappa shape index (κ2) is 7.00. The zero-order valence-corrected chi connectivity index (χ0v) is 12.9.